The van der Waals surface area contributed by atoms with Crippen LogP contribution >= 0.6 is 11.3 Å². The molecular formula is C10H19N3S. The Morgan fingerprint density at radius 1 is 1.29 bits per heavy atom. The van der Waals surface area contributed by atoms with Gasteiger partial charge in [0.25, 0.3) is 0 Å². The Labute approximate surface area is 89.9 Å². The summed E-state index contributed by atoms with van der Waals surface area (Å²) in [6.07, 6.45) is 0. The Bertz CT molecular complexity index is 286. The summed E-state index contributed by atoms with van der Waals surface area (Å²) in [7, 11) is 0. The largest absolute Gasteiger partial charge is 0.308 e. The highest BCUT2D eigenvalue weighted by Gasteiger charge is 2.18. The maximum Gasteiger partial charge on any atom is 0.131 e. The van der Waals surface area contributed by atoms with E-state index in [0.717, 1.165) is 16.6 Å². The predicted octanol–water partition coefficient (Wildman–Crippen LogP) is 2.33. The normalized spacial score (nSPS) is 12.4. The Balaban J connectivity index is 2.60. The van der Waals surface area contributed by atoms with E-state index in [1.165, 1.54) is 0 Å². The molecule has 0 fully saturated rings. The molecule has 4 heteroatoms. The van der Waals surface area contributed by atoms with Gasteiger partial charge in [-0.1, -0.05) is 46.0 Å². The molecule has 1 N–H and O–H groups in total. The number of hydrogen-bond donors (Lipinski definition) is 1. The molecule has 0 saturated carbocycles. The van der Waals surface area contributed by atoms with Crippen LogP contribution in [0.2, 0.25) is 0 Å². The van der Waals surface area contributed by atoms with Gasteiger partial charge < -0.3 is 5.32 Å². The lowest BCUT2D eigenvalue weighted by Gasteiger charge is -2.12. The van der Waals surface area contributed by atoms with Gasteiger partial charge >= 0.3 is 0 Å². The van der Waals surface area contributed by atoms with Crippen molar-refractivity contribution < 1.29 is 0 Å². The third kappa shape index (κ3) is 3.35. The lowest BCUT2D eigenvalue weighted by Crippen LogP contribution is -2.21. The van der Waals surface area contributed by atoms with E-state index in [2.05, 4.69) is 50.1 Å². The van der Waals surface area contributed by atoms with Gasteiger partial charge in [-0.3, -0.25) is 0 Å². The average molecular weight is 213 g/mol. The summed E-state index contributed by atoms with van der Waals surface area (Å²) in [5.74, 6) is 0. The Hall–Kier alpha value is -0.480. The van der Waals surface area contributed by atoms with Crippen LogP contribution in [0.25, 0.3) is 0 Å². The lowest BCUT2D eigenvalue weighted by molar-refractivity contribution is 0.572. The van der Waals surface area contributed by atoms with Gasteiger partial charge in [0.15, 0.2) is 0 Å². The topological polar surface area (TPSA) is 37.8 Å². The number of rotatable bonds is 3. The van der Waals surface area contributed by atoms with E-state index in [1.54, 1.807) is 11.3 Å². The van der Waals surface area contributed by atoms with Crippen molar-refractivity contribution in [3.8, 4) is 0 Å². The molecule has 1 rings (SSSR count). The second kappa shape index (κ2) is 4.36. The third-order valence-electron chi connectivity index (χ3n) is 1.77. The minimum atomic E-state index is 0.119. The smallest absolute Gasteiger partial charge is 0.131 e. The van der Waals surface area contributed by atoms with Crippen molar-refractivity contribution >= 4 is 11.3 Å². The number of nitrogens with zero attached hydrogens (tertiary/aromatic N) is 2. The van der Waals surface area contributed by atoms with Crippen LogP contribution in [0.5, 0.6) is 0 Å². The monoisotopic (exact) mass is 213 g/mol. The highest BCUT2D eigenvalue weighted by Crippen LogP contribution is 2.25. The Kier molecular flexibility index (Phi) is 3.61. The maximum atomic E-state index is 4.19. The molecule has 0 aliphatic rings. The number of nitrogens with one attached hydrogen (secondary N) is 1. The van der Waals surface area contributed by atoms with Gasteiger partial charge in [0.05, 0.1) is 0 Å². The molecule has 0 bridgehead atoms. The second-order valence-corrected chi connectivity index (χ2v) is 5.85. The van der Waals surface area contributed by atoms with Gasteiger partial charge in [-0.2, -0.15) is 0 Å². The van der Waals surface area contributed by atoms with Gasteiger partial charge in [0.2, 0.25) is 0 Å². The molecular weight excluding hydrogens is 194 g/mol. The van der Waals surface area contributed by atoms with Crippen LogP contribution in [0.4, 0.5) is 0 Å². The van der Waals surface area contributed by atoms with E-state index in [0.29, 0.717) is 6.04 Å². The van der Waals surface area contributed by atoms with Gasteiger partial charge in [-0.25, -0.2) is 0 Å². The zero-order chi connectivity index (χ0) is 10.8. The maximum absolute atomic E-state index is 4.19. The zero-order valence-corrected chi connectivity index (χ0v) is 10.4. The van der Waals surface area contributed by atoms with Crippen molar-refractivity contribution in [2.24, 2.45) is 0 Å². The summed E-state index contributed by atoms with van der Waals surface area (Å²) in [4.78, 5) is 0. The first-order valence-electron chi connectivity index (χ1n) is 4.96. The summed E-state index contributed by atoms with van der Waals surface area (Å²) < 4.78 is 0. The van der Waals surface area contributed by atoms with Crippen LogP contribution in [0, 0.1) is 0 Å². The molecule has 0 atom stereocenters. The summed E-state index contributed by atoms with van der Waals surface area (Å²) in [6.45, 7) is 11.6. The van der Waals surface area contributed by atoms with Crippen molar-refractivity contribution in [3.05, 3.63) is 10.0 Å². The van der Waals surface area contributed by atoms with E-state index in [-0.39, 0.29) is 5.41 Å². The first-order chi connectivity index (χ1) is 6.39. The molecule has 1 aromatic rings. The fraction of sp³-hybridized carbons (Fsp3) is 0.800. The van der Waals surface area contributed by atoms with E-state index in [4.69, 9.17) is 0 Å². The van der Waals surface area contributed by atoms with Crippen LogP contribution in [0.3, 0.4) is 0 Å². The number of hydrogen-bond acceptors (Lipinski definition) is 4. The molecule has 1 heterocycles. The molecule has 0 aliphatic carbocycles. The van der Waals surface area contributed by atoms with E-state index in [1.807, 2.05) is 0 Å². The quantitative estimate of drug-likeness (QED) is 0.837. The highest BCUT2D eigenvalue weighted by molar-refractivity contribution is 7.11. The minimum Gasteiger partial charge on any atom is -0.308 e. The highest BCUT2D eigenvalue weighted by atomic mass is 32.1. The standard InChI is InChI=1S/C10H19N3S/c1-7(2)11-6-8-12-13-9(14-8)10(3,4)5/h7,11H,6H2,1-5H3. The molecule has 0 saturated heterocycles. The lowest BCUT2D eigenvalue weighted by atomic mass is 9.98. The van der Waals surface area contributed by atoms with E-state index in [9.17, 15) is 0 Å². The zero-order valence-electron chi connectivity index (χ0n) is 9.59. The first kappa shape index (κ1) is 11.6. The van der Waals surface area contributed by atoms with E-state index < -0.39 is 0 Å². The molecule has 14 heavy (non-hydrogen) atoms. The molecule has 0 aliphatic heterocycles. The number of aromatic nitrogens is 2. The summed E-state index contributed by atoms with van der Waals surface area (Å²) in [5.41, 5.74) is 0.119. The minimum absolute atomic E-state index is 0.119. The van der Waals surface area contributed by atoms with Crippen LogP contribution in [0.15, 0.2) is 0 Å². The van der Waals surface area contributed by atoms with Crippen molar-refractivity contribution in [2.75, 3.05) is 0 Å². The van der Waals surface area contributed by atoms with Crippen LogP contribution in [-0.2, 0) is 12.0 Å². The predicted molar refractivity (Wildman–Crippen MR) is 60.6 cm³/mol. The van der Waals surface area contributed by atoms with Crippen molar-refractivity contribution in [3.63, 3.8) is 0 Å². The second-order valence-electron chi connectivity index (χ2n) is 4.79. The molecule has 0 amide bonds. The first-order valence-corrected chi connectivity index (χ1v) is 5.77. The van der Waals surface area contributed by atoms with Crippen LogP contribution in [-0.4, -0.2) is 16.2 Å². The molecule has 0 radical (unpaired) electrons. The summed E-state index contributed by atoms with van der Waals surface area (Å²) >= 11 is 1.70. The van der Waals surface area contributed by atoms with Gasteiger partial charge in [0.1, 0.15) is 10.0 Å². The fourth-order valence-electron chi connectivity index (χ4n) is 0.920. The summed E-state index contributed by atoms with van der Waals surface area (Å²) in [5, 5.41) is 13.9. The van der Waals surface area contributed by atoms with Crippen LogP contribution in [0.1, 0.15) is 44.6 Å². The Morgan fingerprint density at radius 2 is 1.93 bits per heavy atom. The van der Waals surface area contributed by atoms with E-state index >= 15 is 0 Å². The molecule has 80 valence electrons. The molecule has 0 spiro atoms. The van der Waals surface area contributed by atoms with Crippen molar-refractivity contribution in [1.82, 2.24) is 15.5 Å². The van der Waals surface area contributed by atoms with Gasteiger partial charge in [-0.15, -0.1) is 10.2 Å². The van der Waals surface area contributed by atoms with Crippen molar-refractivity contribution in [1.29, 1.82) is 0 Å². The molecule has 0 aromatic carbocycles. The average Bonchev–Trinajstić information content (AvgIpc) is 2.47. The molecule has 1 aromatic heterocycles. The third-order valence-corrected chi connectivity index (χ3v) is 3.12. The fourth-order valence-corrected chi connectivity index (χ4v) is 1.77. The van der Waals surface area contributed by atoms with Crippen molar-refractivity contribution in [2.45, 2.75) is 52.6 Å². The molecule has 3 nitrogen and oxygen atoms in total. The Morgan fingerprint density at radius 3 is 2.36 bits per heavy atom. The van der Waals surface area contributed by atoms with Crippen LogP contribution < -0.4 is 5.32 Å². The molecule has 0 unspecified atom stereocenters. The SMILES string of the molecule is CC(C)NCc1nnc(C(C)(C)C)s1. The van der Waals surface area contributed by atoms with Gasteiger partial charge in [-0.05, 0) is 0 Å². The summed E-state index contributed by atoms with van der Waals surface area (Å²) in [6, 6.07) is 0.497. The van der Waals surface area contributed by atoms with Gasteiger partial charge in [0, 0.05) is 18.0 Å².